The molecule has 0 aromatic rings. The first-order valence-electron chi connectivity index (χ1n) is 6.26. The summed E-state index contributed by atoms with van der Waals surface area (Å²) in [6, 6.07) is 0. The number of rotatable bonds is 4. The summed E-state index contributed by atoms with van der Waals surface area (Å²) in [6.07, 6.45) is 5.09. The van der Waals surface area contributed by atoms with Crippen LogP contribution in [0.4, 0.5) is 0 Å². The van der Waals surface area contributed by atoms with Gasteiger partial charge in [-0.05, 0) is 24.7 Å². The van der Waals surface area contributed by atoms with Crippen LogP contribution in [0.5, 0.6) is 0 Å². The Morgan fingerprint density at radius 2 is 1.94 bits per heavy atom. The Labute approximate surface area is 98.2 Å². The van der Waals surface area contributed by atoms with E-state index in [0.29, 0.717) is 24.0 Å². The van der Waals surface area contributed by atoms with Crippen molar-refractivity contribution in [2.45, 2.75) is 45.4 Å². The van der Waals surface area contributed by atoms with Crippen molar-refractivity contribution in [3.05, 3.63) is 0 Å². The topological polar surface area (TPSA) is 37.4 Å². The summed E-state index contributed by atoms with van der Waals surface area (Å²) in [5.41, 5.74) is 0. The van der Waals surface area contributed by atoms with Gasteiger partial charge in [-0.1, -0.05) is 13.3 Å². The monoisotopic (exact) mass is 225 g/mol. The molecule has 0 aromatic carbocycles. The van der Waals surface area contributed by atoms with Gasteiger partial charge in [0.1, 0.15) is 5.78 Å². The largest absolute Gasteiger partial charge is 0.349 e. The maximum Gasteiger partial charge on any atom is 0.222 e. The summed E-state index contributed by atoms with van der Waals surface area (Å²) < 4.78 is 0. The van der Waals surface area contributed by atoms with Gasteiger partial charge in [0.2, 0.25) is 5.91 Å². The van der Waals surface area contributed by atoms with E-state index in [9.17, 15) is 9.59 Å². The van der Waals surface area contributed by atoms with Crippen molar-refractivity contribution in [1.29, 1.82) is 0 Å². The Hall–Kier alpha value is -0.860. The molecular weight excluding hydrogens is 202 g/mol. The summed E-state index contributed by atoms with van der Waals surface area (Å²) in [4.78, 5) is 24.5. The second-order valence-electron chi connectivity index (χ2n) is 5.04. The lowest BCUT2D eigenvalue weighted by Crippen LogP contribution is -2.29. The normalized spacial score (nSPS) is 19.6. The lowest BCUT2D eigenvalue weighted by Gasteiger charge is -2.29. The fourth-order valence-corrected chi connectivity index (χ4v) is 2.48. The molecule has 1 aliphatic rings. The summed E-state index contributed by atoms with van der Waals surface area (Å²) in [5, 5.41) is 0. The number of nitrogens with zero attached hydrogens (tertiary/aromatic N) is 1. The van der Waals surface area contributed by atoms with E-state index in [1.807, 2.05) is 0 Å². The number of hydrogen-bond acceptors (Lipinski definition) is 2. The molecule has 1 amide bonds. The van der Waals surface area contributed by atoms with E-state index in [2.05, 4.69) is 6.92 Å². The molecule has 16 heavy (non-hydrogen) atoms. The zero-order valence-corrected chi connectivity index (χ0v) is 10.7. The van der Waals surface area contributed by atoms with E-state index in [0.717, 1.165) is 32.1 Å². The molecule has 1 rings (SSSR count). The smallest absolute Gasteiger partial charge is 0.222 e. The Morgan fingerprint density at radius 3 is 2.38 bits per heavy atom. The van der Waals surface area contributed by atoms with Crippen molar-refractivity contribution in [3.8, 4) is 0 Å². The van der Waals surface area contributed by atoms with Crippen molar-refractivity contribution < 1.29 is 9.59 Å². The molecule has 1 saturated carbocycles. The fraction of sp³-hybridized carbons (Fsp3) is 0.846. The second kappa shape index (κ2) is 6.02. The van der Waals surface area contributed by atoms with Gasteiger partial charge in [-0.25, -0.2) is 0 Å². The van der Waals surface area contributed by atoms with Crippen LogP contribution in [0.15, 0.2) is 0 Å². The Balaban J connectivity index is 2.47. The van der Waals surface area contributed by atoms with E-state index in [1.54, 1.807) is 19.0 Å². The minimum Gasteiger partial charge on any atom is -0.349 e. The Kier molecular flexibility index (Phi) is 4.97. The summed E-state index contributed by atoms with van der Waals surface area (Å²) in [5.74, 6) is 1.64. The zero-order valence-electron chi connectivity index (χ0n) is 10.7. The zero-order chi connectivity index (χ0) is 12.1. The second-order valence-corrected chi connectivity index (χ2v) is 5.04. The third-order valence-electron chi connectivity index (χ3n) is 3.71. The van der Waals surface area contributed by atoms with Gasteiger partial charge in [-0.15, -0.1) is 0 Å². The van der Waals surface area contributed by atoms with Crippen LogP contribution in [-0.4, -0.2) is 30.7 Å². The van der Waals surface area contributed by atoms with Gasteiger partial charge in [0.25, 0.3) is 0 Å². The molecule has 3 nitrogen and oxygen atoms in total. The first kappa shape index (κ1) is 13.2. The maximum absolute atomic E-state index is 11.7. The van der Waals surface area contributed by atoms with Crippen molar-refractivity contribution in [3.63, 3.8) is 0 Å². The third-order valence-corrected chi connectivity index (χ3v) is 3.71. The molecule has 1 aliphatic carbocycles. The minimum absolute atomic E-state index is 0.212. The van der Waals surface area contributed by atoms with Gasteiger partial charge in [0.05, 0.1) is 0 Å². The average Bonchev–Trinajstić information content (AvgIpc) is 2.26. The van der Waals surface area contributed by atoms with E-state index in [-0.39, 0.29) is 5.91 Å². The van der Waals surface area contributed by atoms with Crippen LogP contribution in [0, 0.1) is 11.8 Å². The van der Waals surface area contributed by atoms with Crippen LogP contribution in [0.1, 0.15) is 45.4 Å². The van der Waals surface area contributed by atoms with Crippen LogP contribution in [0.25, 0.3) is 0 Å². The van der Waals surface area contributed by atoms with Crippen molar-refractivity contribution in [1.82, 2.24) is 4.90 Å². The van der Waals surface area contributed by atoms with Gasteiger partial charge in [-0.2, -0.15) is 0 Å². The highest BCUT2D eigenvalue weighted by molar-refractivity contribution is 5.79. The predicted octanol–water partition coefficient (Wildman–Crippen LogP) is 2.25. The van der Waals surface area contributed by atoms with Crippen molar-refractivity contribution in [2.24, 2.45) is 11.8 Å². The fourth-order valence-electron chi connectivity index (χ4n) is 2.48. The van der Waals surface area contributed by atoms with Crippen LogP contribution < -0.4 is 0 Å². The molecule has 0 aromatic heterocycles. The summed E-state index contributed by atoms with van der Waals surface area (Å²) in [7, 11) is 3.61. The number of hydrogen-bond donors (Lipinski definition) is 0. The van der Waals surface area contributed by atoms with E-state index >= 15 is 0 Å². The molecular formula is C13H23NO2. The van der Waals surface area contributed by atoms with Gasteiger partial charge in [-0.3, -0.25) is 9.59 Å². The first-order chi connectivity index (χ1) is 7.54. The molecule has 0 aliphatic heterocycles. The minimum atomic E-state index is 0.212. The molecule has 0 spiro atoms. The van der Waals surface area contributed by atoms with Crippen LogP contribution >= 0.6 is 0 Å². The maximum atomic E-state index is 11.7. The quantitative estimate of drug-likeness (QED) is 0.736. The lowest BCUT2D eigenvalue weighted by atomic mass is 9.77. The molecule has 0 bridgehead atoms. The summed E-state index contributed by atoms with van der Waals surface area (Å²) in [6.45, 7) is 2.14. The molecule has 1 atom stereocenters. The Bertz CT molecular complexity index is 251. The molecule has 0 heterocycles. The Morgan fingerprint density at radius 1 is 1.38 bits per heavy atom. The predicted molar refractivity (Wildman–Crippen MR) is 64.1 cm³/mol. The van der Waals surface area contributed by atoms with E-state index in [1.165, 1.54) is 0 Å². The number of carbonyl (C=O) groups is 2. The molecule has 0 saturated heterocycles. The van der Waals surface area contributed by atoms with Crippen molar-refractivity contribution >= 4 is 11.7 Å². The van der Waals surface area contributed by atoms with E-state index < -0.39 is 0 Å². The molecule has 0 radical (unpaired) electrons. The lowest BCUT2D eigenvalue weighted by molar-refractivity contribution is -0.130. The number of ketones is 1. The standard InChI is InChI=1S/C13H23NO2/c1-4-10(9-13(16)14(2)3)11-5-7-12(15)8-6-11/h10-11H,4-9H2,1-3H3. The highest BCUT2D eigenvalue weighted by atomic mass is 16.2. The average molecular weight is 225 g/mol. The van der Waals surface area contributed by atoms with Crippen LogP contribution in [0.3, 0.4) is 0 Å². The highest BCUT2D eigenvalue weighted by Crippen LogP contribution is 2.32. The number of carbonyl (C=O) groups excluding carboxylic acids is 2. The highest BCUT2D eigenvalue weighted by Gasteiger charge is 2.27. The third kappa shape index (κ3) is 3.62. The van der Waals surface area contributed by atoms with Gasteiger partial charge in [0, 0.05) is 33.4 Å². The van der Waals surface area contributed by atoms with Gasteiger partial charge >= 0.3 is 0 Å². The van der Waals surface area contributed by atoms with Gasteiger partial charge < -0.3 is 4.90 Å². The first-order valence-corrected chi connectivity index (χ1v) is 6.26. The summed E-state index contributed by atoms with van der Waals surface area (Å²) >= 11 is 0. The number of Topliss-reactive ketones (excluding diaryl/α,β-unsaturated/α-hetero) is 1. The molecule has 3 heteroatoms. The van der Waals surface area contributed by atoms with E-state index in [4.69, 9.17) is 0 Å². The van der Waals surface area contributed by atoms with Crippen LogP contribution in [-0.2, 0) is 9.59 Å². The molecule has 1 unspecified atom stereocenters. The van der Waals surface area contributed by atoms with Crippen molar-refractivity contribution in [2.75, 3.05) is 14.1 Å². The van der Waals surface area contributed by atoms with Crippen LogP contribution in [0.2, 0.25) is 0 Å². The number of amides is 1. The van der Waals surface area contributed by atoms with Gasteiger partial charge in [0.15, 0.2) is 0 Å². The molecule has 92 valence electrons. The SMILES string of the molecule is CCC(CC(=O)N(C)C)C1CCC(=O)CC1. The molecule has 0 N–H and O–H groups in total. The molecule has 1 fully saturated rings.